The van der Waals surface area contributed by atoms with E-state index < -0.39 is 0 Å². The molecule has 0 N–H and O–H groups in total. The van der Waals surface area contributed by atoms with E-state index in [0.717, 1.165) is 38.4 Å². The lowest BCUT2D eigenvalue weighted by Crippen LogP contribution is -2.41. The highest BCUT2D eigenvalue weighted by atomic mass is 35.5. The van der Waals surface area contributed by atoms with Gasteiger partial charge in [0.2, 0.25) is 0 Å². The fourth-order valence-corrected chi connectivity index (χ4v) is 2.35. The van der Waals surface area contributed by atoms with Crippen molar-refractivity contribution < 1.29 is 14.3 Å². The van der Waals surface area contributed by atoms with Gasteiger partial charge in [-0.15, -0.1) is 0 Å². The Kier molecular flexibility index (Phi) is 5.83. The predicted octanol–water partition coefficient (Wildman–Crippen LogP) is 2.15. The molecule has 0 saturated carbocycles. The number of ether oxygens (including phenoxy) is 2. The number of halogens is 1. The number of hydrogen-bond acceptors (Lipinski definition) is 4. The molecule has 1 aliphatic heterocycles. The van der Waals surface area contributed by atoms with E-state index in [-0.39, 0.29) is 18.5 Å². The molecule has 1 fully saturated rings. The largest absolute Gasteiger partial charge is 0.461 e. The molecule has 0 bridgehead atoms. The molecule has 1 saturated heterocycles. The van der Waals surface area contributed by atoms with Gasteiger partial charge in [0.05, 0.1) is 19.6 Å². The maximum Gasteiger partial charge on any atom is 0.310 e. The van der Waals surface area contributed by atoms with Crippen LogP contribution < -0.4 is 0 Å². The van der Waals surface area contributed by atoms with Crippen LogP contribution in [-0.4, -0.2) is 49.8 Å². The Bertz CT molecular complexity index is 429. The average Bonchev–Trinajstić information content (AvgIpc) is 2.42. The van der Waals surface area contributed by atoms with Crippen molar-refractivity contribution in [3.8, 4) is 0 Å². The fraction of sp³-hybridized carbons (Fsp3) is 0.533. The molecule has 2 rings (SSSR count). The number of carbonyl (C=O) groups excluding carboxylic acids is 1. The molecule has 110 valence electrons. The standard InChI is InChI=1S/C15H20ClNO3/c1-12(11-17-6-8-19-9-7-17)20-15(18)10-13-2-4-14(16)5-3-13/h2-5,12H,6-11H2,1H3/t12-/m0/s1. The maximum absolute atomic E-state index is 11.9. The minimum Gasteiger partial charge on any atom is -0.461 e. The number of esters is 1. The third-order valence-corrected chi connectivity index (χ3v) is 3.47. The first kappa shape index (κ1) is 15.3. The van der Waals surface area contributed by atoms with Crippen LogP contribution >= 0.6 is 11.6 Å². The first-order chi connectivity index (χ1) is 9.63. The molecule has 0 aromatic heterocycles. The molecule has 1 atom stereocenters. The Hall–Kier alpha value is -1.10. The Morgan fingerprint density at radius 2 is 2.00 bits per heavy atom. The summed E-state index contributed by atoms with van der Waals surface area (Å²) in [6.07, 6.45) is 0.179. The van der Waals surface area contributed by atoms with Crippen LogP contribution in [-0.2, 0) is 20.7 Å². The fourth-order valence-electron chi connectivity index (χ4n) is 2.22. The number of benzene rings is 1. The average molecular weight is 298 g/mol. The van der Waals surface area contributed by atoms with E-state index in [2.05, 4.69) is 4.90 Å². The molecular weight excluding hydrogens is 278 g/mol. The molecular formula is C15H20ClNO3. The normalized spacial score (nSPS) is 17.7. The summed E-state index contributed by atoms with van der Waals surface area (Å²) in [7, 11) is 0. The van der Waals surface area contributed by atoms with Gasteiger partial charge in [-0.3, -0.25) is 9.69 Å². The first-order valence-electron chi connectivity index (χ1n) is 6.87. The van der Waals surface area contributed by atoms with Crippen LogP contribution in [0.3, 0.4) is 0 Å². The second-order valence-corrected chi connectivity index (χ2v) is 5.45. The van der Waals surface area contributed by atoms with Gasteiger partial charge in [-0.1, -0.05) is 23.7 Å². The van der Waals surface area contributed by atoms with E-state index in [1.54, 1.807) is 12.1 Å². The quantitative estimate of drug-likeness (QED) is 0.781. The lowest BCUT2D eigenvalue weighted by atomic mass is 10.1. The molecule has 1 aliphatic rings. The van der Waals surface area contributed by atoms with Gasteiger partial charge < -0.3 is 9.47 Å². The van der Waals surface area contributed by atoms with Gasteiger partial charge in [-0.05, 0) is 24.6 Å². The predicted molar refractivity (Wildman–Crippen MR) is 78.0 cm³/mol. The first-order valence-corrected chi connectivity index (χ1v) is 7.25. The van der Waals surface area contributed by atoms with Crippen molar-refractivity contribution in [3.05, 3.63) is 34.9 Å². The number of rotatable bonds is 5. The Morgan fingerprint density at radius 1 is 1.35 bits per heavy atom. The monoisotopic (exact) mass is 297 g/mol. The summed E-state index contributed by atoms with van der Waals surface area (Å²) in [6, 6.07) is 7.25. The van der Waals surface area contributed by atoms with Gasteiger partial charge >= 0.3 is 5.97 Å². The summed E-state index contributed by atoms with van der Waals surface area (Å²) in [5.74, 6) is -0.201. The summed E-state index contributed by atoms with van der Waals surface area (Å²) < 4.78 is 10.7. The van der Waals surface area contributed by atoms with Crippen LogP contribution in [0.2, 0.25) is 5.02 Å². The zero-order valence-electron chi connectivity index (χ0n) is 11.7. The summed E-state index contributed by atoms with van der Waals surface area (Å²) in [5.41, 5.74) is 0.915. The van der Waals surface area contributed by atoms with E-state index in [0.29, 0.717) is 5.02 Å². The third kappa shape index (κ3) is 5.12. The van der Waals surface area contributed by atoms with Crippen molar-refractivity contribution in [1.29, 1.82) is 0 Å². The van der Waals surface area contributed by atoms with Crippen molar-refractivity contribution >= 4 is 17.6 Å². The minimum atomic E-state index is -0.201. The Balaban J connectivity index is 1.74. The third-order valence-electron chi connectivity index (χ3n) is 3.21. The number of hydrogen-bond donors (Lipinski definition) is 0. The Morgan fingerprint density at radius 3 is 2.65 bits per heavy atom. The van der Waals surface area contributed by atoms with E-state index in [9.17, 15) is 4.79 Å². The van der Waals surface area contributed by atoms with Gasteiger partial charge in [0.25, 0.3) is 0 Å². The molecule has 0 unspecified atom stereocenters. The van der Waals surface area contributed by atoms with Crippen LogP contribution in [0.15, 0.2) is 24.3 Å². The topological polar surface area (TPSA) is 38.8 Å². The van der Waals surface area contributed by atoms with Gasteiger partial charge in [-0.25, -0.2) is 0 Å². The second-order valence-electron chi connectivity index (χ2n) is 5.02. The van der Waals surface area contributed by atoms with Gasteiger partial charge in [0.15, 0.2) is 0 Å². The maximum atomic E-state index is 11.9. The molecule has 0 amide bonds. The highest BCUT2D eigenvalue weighted by Gasteiger charge is 2.16. The summed E-state index contributed by atoms with van der Waals surface area (Å²) in [4.78, 5) is 14.1. The van der Waals surface area contributed by atoms with Gasteiger partial charge in [-0.2, -0.15) is 0 Å². The molecule has 0 spiro atoms. The summed E-state index contributed by atoms with van der Waals surface area (Å²) in [6.45, 7) is 6.00. The molecule has 5 heteroatoms. The smallest absolute Gasteiger partial charge is 0.310 e. The molecule has 1 heterocycles. The van der Waals surface area contributed by atoms with Crippen molar-refractivity contribution in [2.45, 2.75) is 19.4 Å². The number of morpholine rings is 1. The van der Waals surface area contributed by atoms with Crippen molar-refractivity contribution in [3.63, 3.8) is 0 Å². The van der Waals surface area contributed by atoms with Crippen LogP contribution in [0.1, 0.15) is 12.5 Å². The highest BCUT2D eigenvalue weighted by Crippen LogP contribution is 2.11. The summed E-state index contributed by atoms with van der Waals surface area (Å²) in [5, 5.41) is 0.669. The zero-order valence-corrected chi connectivity index (χ0v) is 12.4. The van der Waals surface area contributed by atoms with Crippen LogP contribution in [0.25, 0.3) is 0 Å². The molecule has 1 aromatic rings. The second kappa shape index (κ2) is 7.62. The molecule has 1 aromatic carbocycles. The van der Waals surface area contributed by atoms with E-state index in [1.807, 2.05) is 19.1 Å². The van der Waals surface area contributed by atoms with Crippen molar-refractivity contribution in [2.24, 2.45) is 0 Å². The van der Waals surface area contributed by atoms with Crippen molar-refractivity contribution in [1.82, 2.24) is 4.90 Å². The van der Waals surface area contributed by atoms with Gasteiger partial charge in [0.1, 0.15) is 6.10 Å². The lowest BCUT2D eigenvalue weighted by molar-refractivity contribution is -0.148. The zero-order chi connectivity index (χ0) is 14.4. The Labute approximate surface area is 124 Å². The highest BCUT2D eigenvalue weighted by molar-refractivity contribution is 6.30. The SMILES string of the molecule is C[C@@H](CN1CCOCC1)OC(=O)Cc1ccc(Cl)cc1. The molecule has 20 heavy (non-hydrogen) atoms. The number of nitrogens with zero attached hydrogens (tertiary/aromatic N) is 1. The molecule has 0 aliphatic carbocycles. The van der Waals surface area contributed by atoms with Crippen LogP contribution in [0.4, 0.5) is 0 Å². The molecule has 4 nitrogen and oxygen atoms in total. The van der Waals surface area contributed by atoms with E-state index in [1.165, 1.54) is 0 Å². The summed E-state index contributed by atoms with van der Waals surface area (Å²) >= 11 is 5.81. The number of carbonyl (C=O) groups is 1. The lowest BCUT2D eigenvalue weighted by Gasteiger charge is -2.28. The van der Waals surface area contributed by atoms with Crippen molar-refractivity contribution in [2.75, 3.05) is 32.8 Å². The van der Waals surface area contributed by atoms with E-state index in [4.69, 9.17) is 21.1 Å². The van der Waals surface area contributed by atoms with E-state index >= 15 is 0 Å². The molecule has 0 radical (unpaired) electrons. The van der Waals surface area contributed by atoms with Gasteiger partial charge in [0, 0.05) is 24.7 Å². The van der Waals surface area contributed by atoms with Crippen LogP contribution in [0.5, 0.6) is 0 Å². The minimum absolute atomic E-state index is 0.104. The van der Waals surface area contributed by atoms with Crippen LogP contribution in [0, 0.1) is 0 Å².